The molecule has 0 aliphatic rings. The van der Waals surface area contributed by atoms with Crippen LogP contribution < -0.4 is 5.73 Å². The molecule has 2 heterocycles. The summed E-state index contributed by atoms with van der Waals surface area (Å²) in [6, 6.07) is 0. The Morgan fingerprint density at radius 1 is 1.33 bits per heavy atom. The third kappa shape index (κ3) is 1.72. The number of nitrogen functional groups attached to an aromatic ring is 1. The number of nitrogens with one attached hydrogen (secondary N) is 1. The summed E-state index contributed by atoms with van der Waals surface area (Å²) in [6.45, 7) is 6.29. The van der Waals surface area contributed by atoms with Gasteiger partial charge in [0.2, 0.25) is 0 Å². The molecular weight excluding hydrogens is 190 g/mol. The van der Waals surface area contributed by atoms with Gasteiger partial charge in [-0.2, -0.15) is 10.2 Å². The van der Waals surface area contributed by atoms with E-state index in [1.54, 1.807) is 12.4 Å². The Balaban J connectivity index is 2.41. The summed E-state index contributed by atoms with van der Waals surface area (Å²) in [6.07, 6.45) is 5.35. The first-order valence-corrected chi connectivity index (χ1v) is 4.83. The zero-order valence-corrected chi connectivity index (χ0v) is 9.15. The molecule has 0 aliphatic heterocycles. The summed E-state index contributed by atoms with van der Waals surface area (Å²) >= 11 is 0. The average molecular weight is 205 g/mol. The van der Waals surface area contributed by atoms with Crippen LogP contribution in [0.25, 0.3) is 11.3 Å². The molecule has 0 bridgehead atoms. The third-order valence-electron chi connectivity index (χ3n) is 2.23. The summed E-state index contributed by atoms with van der Waals surface area (Å²) in [5.74, 6) is 0. The van der Waals surface area contributed by atoms with E-state index in [1.807, 2.05) is 10.9 Å². The van der Waals surface area contributed by atoms with Crippen LogP contribution in [0.2, 0.25) is 0 Å². The Labute approximate surface area is 88.3 Å². The van der Waals surface area contributed by atoms with Crippen LogP contribution in [-0.2, 0) is 5.54 Å². The molecule has 3 N–H and O–H groups in total. The highest BCUT2D eigenvalue weighted by Crippen LogP contribution is 2.24. The molecular formula is C10H15N5. The number of aromatic amines is 1. The predicted molar refractivity (Wildman–Crippen MR) is 59.2 cm³/mol. The monoisotopic (exact) mass is 205 g/mol. The largest absolute Gasteiger partial charge is 0.396 e. The van der Waals surface area contributed by atoms with Crippen molar-refractivity contribution in [2.45, 2.75) is 26.3 Å². The Bertz CT molecular complexity index is 460. The third-order valence-corrected chi connectivity index (χ3v) is 2.23. The molecule has 0 aromatic carbocycles. The van der Waals surface area contributed by atoms with Crippen molar-refractivity contribution in [3.8, 4) is 11.3 Å². The summed E-state index contributed by atoms with van der Waals surface area (Å²) < 4.78 is 1.91. The van der Waals surface area contributed by atoms with Gasteiger partial charge in [0.1, 0.15) is 0 Å². The number of nitrogens with zero attached hydrogens (tertiary/aromatic N) is 3. The van der Waals surface area contributed by atoms with Crippen LogP contribution in [0.3, 0.4) is 0 Å². The lowest BCUT2D eigenvalue weighted by Gasteiger charge is -2.18. The van der Waals surface area contributed by atoms with Gasteiger partial charge in [-0.3, -0.25) is 9.78 Å². The van der Waals surface area contributed by atoms with Gasteiger partial charge in [-0.15, -0.1) is 0 Å². The molecule has 0 spiro atoms. The molecule has 0 unspecified atom stereocenters. The van der Waals surface area contributed by atoms with E-state index in [4.69, 9.17) is 5.73 Å². The smallest absolute Gasteiger partial charge is 0.0911 e. The first kappa shape index (κ1) is 9.76. The predicted octanol–water partition coefficient (Wildman–Crippen LogP) is 1.61. The number of hydrogen-bond acceptors (Lipinski definition) is 3. The van der Waals surface area contributed by atoms with Crippen molar-refractivity contribution in [2.75, 3.05) is 5.73 Å². The van der Waals surface area contributed by atoms with Crippen molar-refractivity contribution in [1.29, 1.82) is 0 Å². The molecule has 0 radical (unpaired) electrons. The fraction of sp³-hybridized carbons (Fsp3) is 0.400. The van der Waals surface area contributed by atoms with Crippen LogP contribution >= 0.6 is 0 Å². The molecule has 0 atom stereocenters. The highest BCUT2D eigenvalue weighted by atomic mass is 15.3. The van der Waals surface area contributed by atoms with Crippen LogP contribution in [0.5, 0.6) is 0 Å². The maximum atomic E-state index is 5.76. The number of rotatable bonds is 1. The van der Waals surface area contributed by atoms with Crippen LogP contribution in [0.1, 0.15) is 20.8 Å². The Kier molecular flexibility index (Phi) is 2.03. The second kappa shape index (κ2) is 3.12. The van der Waals surface area contributed by atoms with Crippen LogP contribution in [0, 0.1) is 0 Å². The highest BCUT2D eigenvalue weighted by Gasteiger charge is 2.15. The number of nitrogens with two attached hydrogens (primary N) is 1. The van der Waals surface area contributed by atoms with Crippen molar-refractivity contribution in [3.05, 3.63) is 18.6 Å². The minimum Gasteiger partial charge on any atom is -0.396 e. The maximum Gasteiger partial charge on any atom is 0.0911 e. The first-order valence-electron chi connectivity index (χ1n) is 4.83. The van der Waals surface area contributed by atoms with E-state index in [-0.39, 0.29) is 5.54 Å². The lowest BCUT2D eigenvalue weighted by molar-refractivity contribution is 0.355. The highest BCUT2D eigenvalue weighted by molar-refractivity contribution is 5.70. The molecule has 2 aromatic rings. The summed E-state index contributed by atoms with van der Waals surface area (Å²) in [5, 5.41) is 11.0. The van der Waals surface area contributed by atoms with Gasteiger partial charge < -0.3 is 5.73 Å². The summed E-state index contributed by atoms with van der Waals surface area (Å²) in [5.41, 5.74) is 8.16. The zero-order valence-electron chi connectivity index (χ0n) is 9.15. The zero-order chi connectivity index (χ0) is 11.1. The van der Waals surface area contributed by atoms with Crippen molar-refractivity contribution >= 4 is 5.69 Å². The van der Waals surface area contributed by atoms with Gasteiger partial charge in [0, 0.05) is 11.8 Å². The number of hydrogen-bond donors (Lipinski definition) is 2. The van der Waals surface area contributed by atoms with Gasteiger partial charge in [-0.1, -0.05) is 0 Å². The average Bonchev–Trinajstić information content (AvgIpc) is 2.69. The topological polar surface area (TPSA) is 72.5 Å². The van der Waals surface area contributed by atoms with E-state index >= 15 is 0 Å². The van der Waals surface area contributed by atoms with E-state index in [9.17, 15) is 0 Å². The van der Waals surface area contributed by atoms with E-state index in [1.165, 1.54) is 0 Å². The van der Waals surface area contributed by atoms with E-state index in [0.29, 0.717) is 5.69 Å². The van der Waals surface area contributed by atoms with E-state index in [2.05, 4.69) is 36.1 Å². The van der Waals surface area contributed by atoms with Gasteiger partial charge in [0.05, 0.1) is 29.3 Å². The lowest BCUT2D eigenvalue weighted by atomic mass is 10.1. The van der Waals surface area contributed by atoms with Gasteiger partial charge in [-0.25, -0.2) is 0 Å². The van der Waals surface area contributed by atoms with Crippen LogP contribution in [-0.4, -0.2) is 20.0 Å². The Morgan fingerprint density at radius 3 is 2.53 bits per heavy atom. The van der Waals surface area contributed by atoms with E-state index < -0.39 is 0 Å². The van der Waals surface area contributed by atoms with Gasteiger partial charge in [0.25, 0.3) is 0 Å². The van der Waals surface area contributed by atoms with Gasteiger partial charge in [0.15, 0.2) is 0 Å². The minimum atomic E-state index is -0.0208. The van der Waals surface area contributed by atoms with Gasteiger partial charge >= 0.3 is 0 Å². The van der Waals surface area contributed by atoms with Crippen molar-refractivity contribution in [1.82, 2.24) is 20.0 Å². The maximum absolute atomic E-state index is 5.76. The molecule has 0 fully saturated rings. The number of anilines is 1. The standard InChI is InChI=1S/C10H15N5/c1-10(2,3)15-6-7(4-13-15)9-8(11)5-12-14-9/h4-6H,11H2,1-3H3,(H,12,14). The molecule has 0 aliphatic carbocycles. The Morgan fingerprint density at radius 2 is 2.07 bits per heavy atom. The van der Waals surface area contributed by atoms with E-state index in [0.717, 1.165) is 11.3 Å². The van der Waals surface area contributed by atoms with Crippen LogP contribution in [0.4, 0.5) is 5.69 Å². The molecule has 0 amide bonds. The second-order valence-corrected chi connectivity index (χ2v) is 4.54. The molecule has 5 heteroatoms. The molecule has 15 heavy (non-hydrogen) atoms. The molecule has 0 saturated carbocycles. The lowest BCUT2D eigenvalue weighted by Crippen LogP contribution is -2.21. The SMILES string of the molecule is CC(C)(C)n1cc(-c2[nH]ncc2N)cn1. The minimum absolute atomic E-state index is 0.0208. The fourth-order valence-corrected chi connectivity index (χ4v) is 1.35. The molecule has 5 nitrogen and oxygen atoms in total. The van der Waals surface area contributed by atoms with Crippen molar-refractivity contribution < 1.29 is 0 Å². The first-order chi connectivity index (χ1) is 6.98. The van der Waals surface area contributed by atoms with Crippen molar-refractivity contribution in [2.24, 2.45) is 0 Å². The summed E-state index contributed by atoms with van der Waals surface area (Å²) in [4.78, 5) is 0. The molecule has 0 saturated heterocycles. The van der Waals surface area contributed by atoms with Crippen LogP contribution in [0.15, 0.2) is 18.6 Å². The number of aromatic nitrogens is 4. The normalized spacial score (nSPS) is 11.9. The van der Waals surface area contributed by atoms with Gasteiger partial charge in [-0.05, 0) is 20.8 Å². The molecule has 2 aromatic heterocycles. The second-order valence-electron chi connectivity index (χ2n) is 4.54. The summed E-state index contributed by atoms with van der Waals surface area (Å²) in [7, 11) is 0. The Hall–Kier alpha value is -1.78. The number of H-pyrrole nitrogens is 1. The molecule has 80 valence electrons. The molecule has 2 rings (SSSR count). The van der Waals surface area contributed by atoms with Crippen molar-refractivity contribution in [3.63, 3.8) is 0 Å². The quantitative estimate of drug-likeness (QED) is 0.742. The fourth-order valence-electron chi connectivity index (χ4n) is 1.35.